The fourth-order valence-electron chi connectivity index (χ4n) is 3.31. The number of anilines is 1. The van der Waals surface area contributed by atoms with Crippen LogP contribution in [0.5, 0.6) is 11.5 Å². The Bertz CT molecular complexity index is 1250. The van der Waals surface area contributed by atoms with Crippen LogP contribution in [0.4, 0.5) is 5.69 Å². The van der Waals surface area contributed by atoms with Crippen LogP contribution in [0.1, 0.15) is 16.7 Å². The van der Waals surface area contributed by atoms with Gasteiger partial charge in [0.05, 0.1) is 17.0 Å². The fraction of sp³-hybridized carbons (Fsp3) is 0.160. The van der Waals surface area contributed by atoms with Gasteiger partial charge in [-0.15, -0.1) is 0 Å². The number of thioether (sulfide) groups is 1. The minimum Gasteiger partial charge on any atom is -0.493 e. The largest absolute Gasteiger partial charge is 0.493 e. The van der Waals surface area contributed by atoms with Crippen molar-refractivity contribution in [2.24, 2.45) is 0 Å². The first-order valence-corrected chi connectivity index (χ1v) is 12.3. The van der Waals surface area contributed by atoms with Crippen molar-refractivity contribution in [2.75, 3.05) is 12.4 Å². The molecule has 1 fully saturated rings. The molecule has 1 unspecified atom stereocenters. The maximum Gasteiger partial charge on any atom is 0.260 e. The van der Waals surface area contributed by atoms with Crippen molar-refractivity contribution in [2.45, 2.75) is 19.0 Å². The molecule has 0 aliphatic carbocycles. The standard InChI is InChI=1S/C25H21Cl3N2O3S/c1-14-3-6-18(27)12-20(14)29-25-30-24(31)22(34-25)11-16-9-19(28)23(21(10-16)32-2)33-13-15-4-7-17(26)8-5-15/h3-12,25,29H,13H2,1-2H3,(H,30,31)/b22-11-. The smallest absolute Gasteiger partial charge is 0.260 e. The molecule has 0 saturated carbocycles. The van der Waals surface area contributed by atoms with Crippen molar-refractivity contribution in [1.29, 1.82) is 0 Å². The number of ether oxygens (including phenoxy) is 2. The van der Waals surface area contributed by atoms with E-state index in [4.69, 9.17) is 44.3 Å². The summed E-state index contributed by atoms with van der Waals surface area (Å²) in [5.41, 5.74) is 3.23. The second-order valence-corrected chi connectivity index (χ2v) is 9.96. The molecule has 34 heavy (non-hydrogen) atoms. The van der Waals surface area contributed by atoms with E-state index < -0.39 is 0 Å². The molecule has 0 spiro atoms. The molecule has 3 aromatic carbocycles. The first-order valence-electron chi connectivity index (χ1n) is 10.3. The quantitative estimate of drug-likeness (QED) is 0.315. The summed E-state index contributed by atoms with van der Waals surface area (Å²) >= 11 is 19.9. The maximum atomic E-state index is 12.6. The predicted octanol–water partition coefficient (Wildman–Crippen LogP) is 7.14. The van der Waals surface area contributed by atoms with E-state index in [0.717, 1.165) is 22.4 Å². The monoisotopic (exact) mass is 534 g/mol. The number of carbonyl (C=O) groups excluding carboxylic acids is 1. The van der Waals surface area contributed by atoms with Crippen LogP contribution in [-0.2, 0) is 11.4 Å². The Hall–Kier alpha value is -2.51. The highest BCUT2D eigenvalue weighted by molar-refractivity contribution is 8.05. The number of methoxy groups -OCH3 is 1. The molecule has 5 nitrogen and oxygen atoms in total. The molecule has 9 heteroatoms. The third-order valence-corrected chi connectivity index (χ3v) is 6.86. The third kappa shape index (κ3) is 5.94. The molecule has 1 amide bonds. The molecule has 4 rings (SSSR count). The van der Waals surface area contributed by atoms with Crippen LogP contribution >= 0.6 is 46.6 Å². The molecule has 1 aliphatic heterocycles. The molecule has 0 bridgehead atoms. The zero-order valence-electron chi connectivity index (χ0n) is 18.3. The molecule has 1 aliphatic rings. The van der Waals surface area contributed by atoms with Crippen LogP contribution in [0.2, 0.25) is 15.1 Å². The van der Waals surface area contributed by atoms with E-state index in [0.29, 0.717) is 38.1 Å². The van der Waals surface area contributed by atoms with Crippen molar-refractivity contribution >= 4 is 64.2 Å². The fourth-order valence-corrected chi connectivity index (χ4v) is 4.85. The zero-order valence-corrected chi connectivity index (χ0v) is 21.4. The van der Waals surface area contributed by atoms with E-state index >= 15 is 0 Å². The van der Waals surface area contributed by atoms with Crippen LogP contribution in [-0.4, -0.2) is 18.5 Å². The second-order valence-electron chi connectivity index (χ2n) is 7.53. The molecule has 3 aromatic rings. The molecule has 2 N–H and O–H groups in total. The molecule has 1 saturated heterocycles. The van der Waals surface area contributed by atoms with Gasteiger partial charge >= 0.3 is 0 Å². The average molecular weight is 536 g/mol. The predicted molar refractivity (Wildman–Crippen MR) is 141 cm³/mol. The zero-order chi connectivity index (χ0) is 24.2. The number of amides is 1. The summed E-state index contributed by atoms with van der Waals surface area (Å²) in [4.78, 5) is 13.1. The van der Waals surface area contributed by atoms with Crippen LogP contribution < -0.4 is 20.1 Å². The Labute approximate surface area is 217 Å². The molecular weight excluding hydrogens is 515 g/mol. The van der Waals surface area contributed by atoms with Gasteiger partial charge in [0.15, 0.2) is 17.0 Å². The molecule has 1 atom stereocenters. The van der Waals surface area contributed by atoms with Crippen molar-refractivity contribution < 1.29 is 14.3 Å². The van der Waals surface area contributed by atoms with Crippen LogP contribution in [0.3, 0.4) is 0 Å². The van der Waals surface area contributed by atoms with Gasteiger partial charge in [0, 0.05) is 15.7 Å². The topological polar surface area (TPSA) is 59.6 Å². The lowest BCUT2D eigenvalue weighted by Crippen LogP contribution is -2.31. The SMILES string of the molecule is COc1cc(/C=C2\SC(Nc3cc(Cl)ccc3C)NC2=O)cc(Cl)c1OCc1ccc(Cl)cc1. The van der Waals surface area contributed by atoms with Gasteiger partial charge < -0.3 is 20.1 Å². The van der Waals surface area contributed by atoms with Crippen molar-refractivity contribution in [3.63, 3.8) is 0 Å². The Morgan fingerprint density at radius 1 is 1.06 bits per heavy atom. The number of hydrogen-bond donors (Lipinski definition) is 2. The van der Waals surface area contributed by atoms with Gasteiger partial charge in [-0.05, 0) is 66.1 Å². The van der Waals surface area contributed by atoms with Gasteiger partial charge in [0.1, 0.15) is 6.61 Å². The summed E-state index contributed by atoms with van der Waals surface area (Å²) < 4.78 is 11.4. The van der Waals surface area contributed by atoms with E-state index in [-0.39, 0.29) is 11.4 Å². The minimum absolute atomic E-state index is 0.180. The maximum absolute atomic E-state index is 12.6. The number of benzene rings is 3. The number of aryl methyl sites for hydroxylation is 1. The lowest BCUT2D eigenvalue weighted by molar-refractivity contribution is -0.116. The van der Waals surface area contributed by atoms with Crippen LogP contribution in [0, 0.1) is 6.92 Å². The highest BCUT2D eigenvalue weighted by Gasteiger charge is 2.27. The van der Waals surface area contributed by atoms with Crippen LogP contribution in [0.25, 0.3) is 6.08 Å². The lowest BCUT2D eigenvalue weighted by Gasteiger charge is -2.15. The van der Waals surface area contributed by atoms with E-state index in [1.165, 1.54) is 11.8 Å². The molecule has 1 heterocycles. The van der Waals surface area contributed by atoms with Gasteiger partial charge in [0.25, 0.3) is 5.91 Å². The van der Waals surface area contributed by atoms with Gasteiger partial charge in [0.2, 0.25) is 0 Å². The second kappa shape index (κ2) is 10.8. The molecule has 176 valence electrons. The van der Waals surface area contributed by atoms with Gasteiger partial charge in [-0.25, -0.2) is 0 Å². The number of carbonyl (C=O) groups is 1. The summed E-state index contributed by atoms with van der Waals surface area (Å²) in [7, 11) is 1.54. The van der Waals surface area contributed by atoms with E-state index in [9.17, 15) is 4.79 Å². The van der Waals surface area contributed by atoms with Crippen LogP contribution in [0.15, 0.2) is 59.5 Å². The van der Waals surface area contributed by atoms with Gasteiger partial charge in [-0.1, -0.05) is 64.8 Å². The Kier molecular flexibility index (Phi) is 7.84. The average Bonchev–Trinajstić information content (AvgIpc) is 3.14. The summed E-state index contributed by atoms with van der Waals surface area (Å²) in [6.07, 6.45) is 1.77. The summed E-state index contributed by atoms with van der Waals surface area (Å²) in [6.45, 7) is 2.28. The van der Waals surface area contributed by atoms with Crippen molar-refractivity contribution in [1.82, 2.24) is 5.32 Å². The highest BCUT2D eigenvalue weighted by Crippen LogP contribution is 2.39. The lowest BCUT2D eigenvalue weighted by atomic mass is 10.1. The third-order valence-electron chi connectivity index (χ3n) is 5.06. The van der Waals surface area contributed by atoms with Crippen molar-refractivity contribution in [3.8, 4) is 11.5 Å². The van der Waals surface area contributed by atoms with Gasteiger partial charge in [-0.3, -0.25) is 4.79 Å². The summed E-state index contributed by atoms with van der Waals surface area (Å²) in [6, 6.07) is 16.5. The number of halogens is 3. The summed E-state index contributed by atoms with van der Waals surface area (Å²) in [5, 5.41) is 7.88. The number of rotatable bonds is 7. The first kappa shape index (κ1) is 24.6. The first-order chi connectivity index (χ1) is 16.3. The Balaban J connectivity index is 1.49. The van der Waals surface area contributed by atoms with Gasteiger partial charge in [-0.2, -0.15) is 0 Å². The Morgan fingerprint density at radius 3 is 2.53 bits per heavy atom. The van der Waals surface area contributed by atoms with E-state index in [2.05, 4.69) is 10.6 Å². The summed E-state index contributed by atoms with van der Waals surface area (Å²) in [5.74, 6) is 0.724. The minimum atomic E-state index is -0.324. The Morgan fingerprint density at radius 2 is 1.79 bits per heavy atom. The number of hydrogen-bond acceptors (Lipinski definition) is 5. The van der Waals surface area contributed by atoms with E-state index in [1.807, 2.05) is 37.3 Å². The number of nitrogens with one attached hydrogen (secondary N) is 2. The normalized spacial score (nSPS) is 16.4. The molecular formula is C25H21Cl3N2O3S. The molecule has 0 aromatic heterocycles. The van der Waals surface area contributed by atoms with E-state index in [1.54, 1.807) is 37.5 Å². The highest BCUT2D eigenvalue weighted by atomic mass is 35.5. The van der Waals surface area contributed by atoms with Crippen molar-refractivity contribution in [3.05, 3.63) is 91.3 Å². The molecule has 0 radical (unpaired) electrons.